The molecular formula is C29H38N4O3S. The average Bonchev–Trinajstić information content (AvgIpc) is 2.99. The fourth-order valence-corrected chi connectivity index (χ4v) is 5.26. The van der Waals surface area contributed by atoms with Crippen LogP contribution in [0.1, 0.15) is 24.8 Å². The van der Waals surface area contributed by atoms with Crippen LogP contribution in [0.15, 0.2) is 90.0 Å². The number of benzene rings is 2. The molecule has 2 aliphatic heterocycles. The molecule has 8 heteroatoms. The van der Waals surface area contributed by atoms with Crippen molar-refractivity contribution in [3.05, 3.63) is 90.6 Å². The van der Waals surface area contributed by atoms with Crippen molar-refractivity contribution in [2.24, 2.45) is 0 Å². The first-order valence-corrected chi connectivity index (χ1v) is 13.9. The van der Waals surface area contributed by atoms with Crippen LogP contribution in [0, 0.1) is 6.92 Å². The summed E-state index contributed by atoms with van der Waals surface area (Å²) in [5, 5.41) is 0. The van der Waals surface area contributed by atoms with E-state index in [1.807, 2.05) is 85.8 Å². The first-order valence-electron chi connectivity index (χ1n) is 12.8. The lowest BCUT2D eigenvalue weighted by Crippen LogP contribution is -2.49. The number of carbonyl (C=O) groups excluding carboxylic acids is 1. The minimum absolute atomic E-state index is 0.249. The van der Waals surface area contributed by atoms with Crippen molar-refractivity contribution in [1.82, 2.24) is 14.2 Å². The molecule has 0 aliphatic carbocycles. The zero-order valence-corrected chi connectivity index (χ0v) is 22.7. The Morgan fingerprint density at radius 1 is 0.784 bits per heavy atom. The summed E-state index contributed by atoms with van der Waals surface area (Å²) < 4.78 is 18.9. The molecular weight excluding hydrogens is 484 g/mol. The summed E-state index contributed by atoms with van der Waals surface area (Å²) >= 11 is 0. The van der Waals surface area contributed by atoms with Crippen LogP contribution < -0.4 is 4.90 Å². The standard InChI is InChI=1S/C12H17NOS.C11H15N3O2.C6H6/c1-11-5-7-12(8-6-11)15(14)13-9-3-2-4-10-13;1-16-11(15)14-8-6-13(7-9-14)10-4-2-3-5-12-10;1-2-4-6-5-3-1/h5-8H,2-4,9-10H2,1H3;2-5H,6-9H2,1H3;1-6H. The van der Waals surface area contributed by atoms with E-state index >= 15 is 0 Å². The Morgan fingerprint density at radius 3 is 1.89 bits per heavy atom. The van der Waals surface area contributed by atoms with Crippen LogP contribution in [0.2, 0.25) is 0 Å². The molecule has 0 spiro atoms. The fourth-order valence-electron chi connectivity index (χ4n) is 4.01. The van der Waals surface area contributed by atoms with Crippen LogP contribution in [-0.4, -0.2) is 70.9 Å². The highest BCUT2D eigenvalue weighted by Gasteiger charge is 2.22. The maximum atomic E-state index is 12.1. The maximum absolute atomic E-state index is 12.1. The smallest absolute Gasteiger partial charge is 0.409 e. The number of ether oxygens (including phenoxy) is 1. The molecule has 1 amide bonds. The van der Waals surface area contributed by atoms with E-state index in [4.69, 9.17) is 0 Å². The highest BCUT2D eigenvalue weighted by Crippen LogP contribution is 2.17. The number of amides is 1. The topological polar surface area (TPSA) is 66.0 Å². The van der Waals surface area contributed by atoms with Crippen LogP contribution in [0.5, 0.6) is 0 Å². The highest BCUT2D eigenvalue weighted by molar-refractivity contribution is 7.82. The number of piperidine rings is 1. The van der Waals surface area contributed by atoms with E-state index in [1.165, 1.54) is 31.9 Å². The van der Waals surface area contributed by atoms with Gasteiger partial charge in [-0.3, -0.25) is 0 Å². The monoisotopic (exact) mass is 522 g/mol. The van der Waals surface area contributed by atoms with Gasteiger partial charge < -0.3 is 14.5 Å². The van der Waals surface area contributed by atoms with Crippen LogP contribution in [-0.2, 0) is 15.7 Å². The molecule has 0 saturated carbocycles. The number of aryl methyl sites for hydroxylation is 1. The number of anilines is 1. The van der Waals surface area contributed by atoms with Crippen molar-refractivity contribution < 1.29 is 13.7 Å². The normalized spacial score (nSPS) is 16.4. The predicted molar refractivity (Wildman–Crippen MR) is 150 cm³/mol. The molecule has 37 heavy (non-hydrogen) atoms. The summed E-state index contributed by atoms with van der Waals surface area (Å²) in [6, 6.07) is 25.8. The van der Waals surface area contributed by atoms with Gasteiger partial charge in [0.25, 0.3) is 0 Å². The van der Waals surface area contributed by atoms with E-state index in [9.17, 15) is 9.00 Å². The molecule has 1 unspecified atom stereocenters. The molecule has 5 rings (SSSR count). The molecule has 0 bridgehead atoms. The van der Waals surface area contributed by atoms with Gasteiger partial charge in [-0.2, -0.15) is 0 Å². The summed E-state index contributed by atoms with van der Waals surface area (Å²) in [7, 11) is 0.465. The molecule has 1 aromatic heterocycles. The molecule has 2 aliphatic rings. The zero-order chi connectivity index (χ0) is 26.3. The second-order valence-corrected chi connectivity index (χ2v) is 10.3. The molecule has 2 aromatic carbocycles. The van der Waals surface area contributed by atoms with Crippen LogP contribution in [0.25, 0.3) is 0 Å². The quantitative estimate of drug-likeness (QED) is 0.475. The Morgan fingerprint density at radius 2 is 1.38 bits per heavy atom. The van der Waals surface area contributed by atoms with Gasteiger partial charge in [-0.15, -0.1) is 0 Å². The summed E-state index contributed by atoms with van der Waals surface area (Å²) in [6.07, 6.45) is 5.17. The van der Waals surface area contributed by atoms with E-state index < -0.39 is 11.0 Å². The van der Waals surface area contributed by atoms with Crippen LogP contribution >= 0.6 is 0 Å². The SMILES string of the molecule is COC(=O)N1CCN(c2ccccn2)CC1.Cc1ccc(S(=O)N2CCCCC2)cc1.c1ccccc1. The lowest BCUT2D eigenvalue weighted by atomic mass is 10.2. The number of nitrogens with zero attached hydrogens (tertiary/aromatic N) is 4. The number of hydrogen-bond acceptors (Lipinski definition) is 5. The molecule has 0 radical (unpaired) electrons. The highest BCUT2D eigenvalue weighted by atomic mass is 32.2. The number of rotatable bonds is 3. The summed E-state index contributed by atoms with van der Waals surface area (Å²) in [5.74, 6) is 0.965. The van der Waals surface area contributed by atoms with Crippen molar-refractivity contribution >= 4 is 22.9 Å². The molecule has 2 fully saturated rings. The molecule has 0 N–H and O–H groups in total. The number of pyridine rings is 1. The lowest BCUT2D eigenvalue weighted by molar-refractivity contribution is 0.121. The zero-order valence-electron chi connectivity index (χ0n) is 21.9. The Balaban J connectivity index is 0.000000169. The number of hydrogen-bond donors (Lipinski definition) is 0. The minimum atomic E-state index is -0.945. The van der Waals surface area contributed by atoms with Crippen LogP contribution in [0.4, 0.5) is 10.6 Å². The van der Waals surface area contributed by atoms with Crippen molar-refractivity contribution in [2.45, 2.75) is 31.1 Å². The van der Waals surface area contributed by atoms with Crippen LogP contribution in [0.3, 0.4) is 0 Å². The Labute approximate surface area is 223 Å². The predicted octanol–water partition coefficient (Wildman–Crippen LogP) is 5.16. The summed E-state index contributed by atoms with van der Waals surface area (Å²) in [5.41, 5.74) is 1.22. The molecule has 198 valence electrons. The van der Waals surface area contributed by atoms with E-state index in [0.717, 1.165) is 36.9 Å². The van der Waals surface area contributed by atoms with Gasteiger partial charge >= 0.3 is 6.09 Å². The maximum Gasteiger partial charge on any atom is 0.409 e. The summed E-state index contributed by atoms with van der Waals surface area (Å²) in [6.45, 7) is 6.96. The minimum Gasteiger partial charge on any atom is -0.453 e. The molecule has 3 heterocycles. The third-order valence-corrected chi connectivity index (χ3v) is 7.63. The van der Waals surface area contributed by atoms with Gasteiger partial charge in [-0.1, -0.05) is 66.6 Å². The lowest BCUT2D eigenvalue weighted by Gasteiger charge is -2.34. The van der Waals surface area contributed by atoms with Gasteiger partial charge in [-0.25, -0.2) is 18.3 Å². The van der Waals surface area contributed by atoms with Crippen molar-refractivity contribution in [3.63, 3.8) is 0 Å². The number of carbonyl (C=O) groups is 1. The van der Waals surface area contributed by atoms with E-state index in [1.54, 1.807) is 11.1 Å². The van der Waals surface area contributed by atoms with E-state index in [-0.39, 0.29) is 6.09 Å². The fraction of sp³-hybridized carbons (Fsp3) is 0.379. The van der Waals surface area contributed by atoms with Gasteiger partial charge in [0.2, 0.25) is 0 Å². The second-order valence-electron chi connectivity index (χ2n) is 8.84. The van der Waals surface area contributed by atoms with Gasteiger partial charge in [0.15, 0.2) is 0 Å². The number of aromatic nitrogens is 1. The first-order chi connectivity index (χ1) is 18.1. The number of methoxy groups -OCH3 is 1. The first kappa shape index (κ1) is 28.3. The largest absolute Gasteiger partial charge is 0.453 e. The Bertz CT molecular complexity index is 1030. The Hall–Kier alpha value is -3.23. The van der Waals surface area contributed by atoms with E-state index in [0.29, 0.717) is 13.1 Å². The third kappa shape index (κ3) is 9.63. The van der Waals surface area contributed by atoms with Crippen molar-refractivity contribution in [2.75, 3.05) is 51.3 Å². The third-order valence-electron chi connectivity index (χ3n) is 6.12. The van der Waals surface area contributed by atoms with Crippen molar-refractivity contribution in [3.8, 4) is 0 Å². The van der Waals surface area contributed by atoms with Crippen molar-refractivity contribution in [1.29, 1.82) is 0 Å². The van der Waals surface area contributed by atoms with Gasteiger partial charge in [0, 0.05) is 45.5 Å². The second kappa shape index (κ2) is 15.8. The Kier molecular flexibility index (Phi) is 12.1. The van der Waals surface area contributed by atoms with Gasteiger partial charge in [0.1, 0.15) is 16.8 Å². The molecule has 7 nitrogen and oxygen atoms in total. The molecule has 3 aromatic rings. The molecule has 1 atom stereocenters. The van der Waals surface area contributed by atoms with Gasteiger partial charge in [-0.05, 0) is 44.0 Å². The van der Waals surface area contributed by atoms with E-state index in [2.05, 4.69) is 18.9 Å². The average molecular weight is 523 g/mol. The molecule has 2 saturated heterocycles. The van der Waals surface area contributed by atoms with Gasteiger partial charge in [0.05, 0.1) is 12.0 Å². The summed E-state index contributed by atoms with van der Waals surface area (Å²) in [4.78, 5) is 20.4. The number of piperazine rings is 1.